The van der Waals surface area contributed by atoms with Gasteiger partial charge in [0, 0.05) is 10.2 Å². The smallest absolute Gasteiger partial charge is 0.242 e. The van der Waals surface area contributed by atoms with Crippen LogP contribution in [0.2, 0.25) is 0 Å². The quantitative estimate of drug-likeness (QED) is 0.834. The number of sulfonamides is 1. The van der Waals surface area contributed by atoms with E-state index < -0.39 is 22.0 Å². The molecule has 0 saturated heterocycles. The molecule has 1 amide bonds. The van der Waals surface area contributed by atoms with Crippen molar-refractivity contribution in [2.24, 2.45) is 0 Å². The van der Waals surface area contributed by atoms with E-state index in [9.17, 15) is 13.2 Å². The summed E-state index contributed by atoms with van der Waals surface area (Å²) >= 11 is 3.24. The Labute approximate surface area is 137 Å². The topological polar surface area (TPSA) is 75.3 Å². The molecule has 7 heteroatoms. The van der Waals surface area contributed by atoms with Gasteiger partial charge in [-0.15, -0.1) is 0 Å². The van der Waals surface area contributed by atoms with Gasteiger partial charge in [0.1, 0.15) is 0 Å². The number of para-hydroxylation sites is 1. The van der Waals surface area contributed by atoms with Gasteiger partial charge in [0.25, 0.3) is 0 Å². The molecule has 0 bridgehead atoms. The van der Waals surface area contributed by atoms with Gasteiger partial charge in [0.05, 0.1) is 10.9 Å². The summed E-state index contributed by atoms with van der Waals surface area (Å²) in [6, 6.07) is 14.2. The van der Waals surface area contributed by atoms with E-state index in [-0.39, 0.29) is 4.90 Å². The number of amides is 1. The molecule has 2 N–H and O–H groups in total. The highest BCUT2D eigenvalue weighted by molar-refractivity contribution is 9.10. The Kier molecular flexibility index (Phi) is 5.33. The van der Waals surface area contributed by atoms with Gasteiger partial charge >= 0.3 is 0 Å². The van der Waals surface area contributed by atoms with E-state index in [0.29, 0.717) is 5.69 Å². The van der Waals surface area contributed by atoms with Crippen LogP contribution in [0, 0.1) is 0 Å². The highest BCUT2D eigenvalue weighted by atomic mass is 79.9. The standard InChI is InChI=1S/C15H15BrN2O3S/c1-11(15(19)17-13-5-3-2-4-6-13)18-22(20,21)14-9-7-12(16)8-10-14/h2-11,18H,1H3,(H,17,19)/t11-/m1/s1. The lowest BCUT2D eigenvalue weighted by Crippen LogP contribution is -2.41. The Hall–Kier alpha value is -1.70. The Morgan fingerprint density at radius 3 is 2.23 bits per heavy atom. The van der Waals surface area contributed by atoms with Crippen molar-refractivity contribution in [3.8, 4) is 0 Å². The SMILES string of the molecule is C[C@@H](NS(=O)(=O)c1ccc(Br)cc1)C(=O)Nc1ccccc1. The molecule has 0 aromatic heterocycles. The fourth-order valence-corrected chi connectivity index (χ4v) is 3.21. The number of anilines is 1. The van der Waals surface area contributed by atoms with Crippen molar-refractivity contribution in [3.63, 3.8) is 0 Å². The van der Waals surface area contributed by atoms with Crippen LogP contribution < -0.4 is 10.0 Å². The van der Waals surface area contributed by atoms with E-state index in [1.54, 1.807) is 36.4 Å². The maximum absolute atomic E-state index is 12.2. The summed E-state index contributed by atoms with van der Waals surface area (Å²) in [6.45, 7) is 1.49. The van der Waals surface area contributed by atoms with Crippen LogP contribution in [0.4, 0.5) is 5.69 Å². The molecule has 0 aliphatic heterocycles. The van der Waals surface area contributed by atoms with Crippen molar-refractivity contribution in [3.05, 3.63) is 59.1 Å². The average Bonchev–Trinajstić information content (AvgIpc) is 2.48. The van der Waals surface area contributed by atoms with Crippen molar-refractivity contribution in [1.82, 2.24) is 4.72 Å². The van der Waals surface area contributed by atoms with Crippen molar-refractivity contribution >= 4 is 37.5 Å². The predicted octanol–water partition coefficient (Wildman–Crippen LogP) is 2.75. The van der Waals surface area contributed by atoms with E-state index in [2.05, 4.69) is 26.0 Å². The fraction of sp³-hybridized carbons (Fsp3) is 0.133. The number of benzene rings is 2. The zero-order valence-electron chi connectivity index (χ0n) is 11.8. The Balaban J connectivity index is 2.05. The molecule has 0 fully saturated rings. The largest absolute Gasteiger partial charge is 0.325 e. The number of hydrogen-bond acceptors (Lipinski definition) is 3. The van der Waals surface area contributed by atoms with Crippen LogP contribution in [-0.2, 0) is 14.8 Å². The normalized spacial score (nSPS) is 12.6. The van der Waals surface area contributed by atoms with Gasteiger partial charge in [-0.1, -0.05) is 34.1 Å². The molecule has 0 heterocycles. The molecule has 0 spiro atoms. The fourth-order valence-electron chi connectivity index (χ4n) is 1.74. The van der Waals surface area contributed by atoms with Crippen LogP contribution in [0.1, 0.15) is 6.92 Å². The summed E-state index contributed by atoms with van der Waals surface area (Å²) in [7, 11) is -3.75. The molecule has 0 aliphatic carbocycles. The summed E-state index contributed by atoms with van der Waals surface area (Å²) in [5, 5.41) is 2.65. The Morgan fingerprint density at radius 1 is 1.05 bits per heavy atom. The monoisotopic (exact) mass is 382 g/mol. The molecule has 0 saturated carbocycles. The Bertz CT molecular complexity index is 746. The molecule has 2 rings (SSSR count). The third-order valence-electron chi connectivity index (χ3n) is 2.89. The highest BCUT2D eigenvalue weighted by Gasteiger charge is 2.21. The zero-order chi connectivity index (χ0) is 16.2. The molecular formula is C15H15BrN2O3S. The summed E-state index contributed by atoms with van der Waals surface area (Å²) in [5.41, 5.74) is 0.613. The van der Waals surface area contributed by atoms with Gasteiger partial charge in [-0.25, -0.2) is 8.42 Å². The second kappa shape index (κ2) is 7.04. The molecule has 0 aliphatic rings. The molecule has 1 atom stereocenters. The molecule has 5 nitrogen and oxygen atoms in total. The van der Waals surface area contributed by atoms with E-state index in [1.165, 1.54) is 19.1 Å². The third-order valence-corrected chi connectivity index (χ3v) is 4.98. The van der Waals surface area contributed by atoms with Crippen LogP contribution >= 0.6 is 15.9 Å². The van der Waals surface area contributed by atoms with E-state index in [0.717, 1.165) is 4.47 Å². The molecule has 22 heavy (non-hydrogen) atoms. The van der Waals surface area contributed by atoms with Gasteiger partial charge in [-0.2, -0.15) is 4.72 Å². The highest BCUT2D eigenvalue weighted by Crippen LogP contribution is 2.15. The number of hydrogen-bond donors (Lipinski definition) is 2. The van der Waals surface area contributed by atoms with Gasteiger partial charge in [-0.3, -0.25) is 4.79 Å². The second-order valence-electron chi connectivity index (χ2n) is 4.65. The van der Waals surface area contributed by atoms with Gasteiger partial charge in [0.2, 0.25) is 15.9 Å². The maximum atomic E-state index is 12.2. The molecular weight excluding hydrogens is 368 g/mol. The number of carbonyl (C=O) groups excluding carboxylic acids is 1. The summed E-state index contributed by atoms with van der Waals surface area (Å²) in [4.78, 5) is 12.1. The van der Waals surface area contributed by atoms with Crippen LogP contribution in [0.25, 0.3) is 0 Å². The number of rotatable bonds is 5. The van der Waals surface area contributed by atoms with Crippen LogP contribution in [0.15, 0.2) is 64.0 Å². The van der Waals surface area contributed by atoms with Crippen molar-refractivity contribution < 1.29 is 13.2 Å². The third kappa shape index (κ3) is 4.40. The van der Waals surface area contributed by atoms with E-state index in [4.69, 9.17) is 0 Å². The first-order valence-electron chi connectivity index (χ1n) is 6.52. The second-order valence-corrected chi connectivity index (χ2v) is 7.28. The number of halogens is 1. The summed E-state index contributed by atoms with van der Waals surface area (Å²) < 4.78 is 27.5. The first-order valence-corrected chi connectivity index (χ1v) is 8.80. The number of nitrogens with one attached hydrogen (secondary N) is 2. The van der Waals surface area contributed by atoms with Crippen molar-refractivity contribution in [2.75, 3.05) is 5.32 Å². The number of carbonyl (C=O) groups is 1. The molecule has 116 valence electrons. The van der Waals surface area contributed by atoms with Gasteiger partial charge in [0.15, 0.2) is 0 Å². The maximum Gasteiger partial charge on any atom is 0.242 e. The van der Waals surface area contributed by atoms with Gasteiger partial charge < -0.3 is 5.32 Å². The minimum atomic E-state index is -3.75. The minimum Gasteiger partial charge on any atom is -0.325 e. The Morgan fingerprint density at radius 2 is 1.64 bits per heavy atom. The van der Waals surface area contributed by atoms with Crippen molar-refractivity contribution in [2.45, 2.75) is 17.9 Å². The summed E-state index contributed by atoms with van der Waals surface area (Å²) in [6.07, 6.45) is 0. The van der Waals surface area contributed by atoms with E-state index in [1.807, 2.05) is 6.07 Å². The first kappa shape index (κ1) is 16.7. The van der Waals surface area contributed by atoms with Crippen molar-refractivity contribution in [1.29, 1.82) is 0 Å². The van der Waals surface area contributed by atoms with Gasteiger partial charge in [-0.05, 0) is 43.3 Å². The first-order chi connectivity index (χ1) is 10.4. The molecule has 2 aromatic carbocycles. The van der Waals surface area contributed by atoms with Crippen LogP contribution in [0.3, 0.4) is 0 Å². The molecule has 0 radical (unpaired) electrons. The zero-order valence-corrected chi connectivity index (χ0v) is 14.2. The lowest BCUT2D eigenvalue weighted by molar-refractivity contribution is -0.117. The molecule has 2 aromatic rings. The lowest BCUT2D eigenvalue weighted by Gasteiger charge is -2.14. The average molecular weight is 383 g/mol. The van der Waals surface area contributed by atoms with E-state index >= 15 is 0 Å². The predicted molar refractivity (Wildman–Crippen MR) is 89.0 cm³/mol. The summed E-state index contributed by atoms with van der Waals surface area (Å²) in [5.74, 6) is -0.424. The lowest BCUT2D eigenvalue weighted by atomic mass is 10.3. The van der Waals surface area contributed by atoms with Crippen LogP contribution in [-0.4, -0.2) is 20.4 Å². The minimum absolute atomic E-state index is 0.107. The van der Waals surface area contributed by atoms with Crippen LogP contribution in [0.5, 0.6) is 0 Å². The molecule has 0 unspecified atom stereocenters.